The van der Waals surface area contributed by atoms with Crippen LogP contribution in [0.2, 0.25) is 0 Å². The highest BCUT2D eigenvalue weighted by Gasteiger charge is 2.22. The number of nitrogens with zero attached hydrogens (tertiary/aromatic N) is 3. The molecule has 1 aliphatic rings. The zero-order valence-corrected chi connectivity index (χ0v) is 18.9. The zero-order valence-electron chi connectivity index (χ0n) is 18.1. The quantitative estimate of drug-likeness (QED) is 0.678. The van der Waals surface area contributed by atoms with Gasteiger partial charge in [0.1, 0.15) is 11.8 Å². The zero-order chi connectivity index (χ0) is 21.5. The average Bonchev–Trinajstić information content (AvgIpc) is 3.25. The fourth-order valence-electron chi connectivity index (χ4n) is 4.10. The summed E-state index contributed by atoms with van der Waals surface area (Å²) in [4.78, 5) is 19.3. The van der Waals surface area contributed by atoms with Crippen molar-refractivity contribution in [1.29, 1.82) is 5.26 Å². The van der Waals surface area contributed by atoms with Crippen LogP contribution in [0, 0.1) is 25.2 Å². The largest absolute Gasteiger partial charge is 0.352 e. The Hall–Kier alpha value is -2.27. The minimum atomic E-state index is -0.106. The molecule has 0 radical (unpaired) electrons. The summed E-state index contributed by atoms with van der Waals surface area (Å²) in [6, 6.07) is 6.90. The number of carbonyl (C=O) groups excluding carboxylic acids is 1. The van der Waals surface area contributed by atoms with Crippen molar-refractivity contribution in [1.82, 2.24) is 20.5 Å². The maximum absolute atomic E-state index is 12.6. The van der Waals surface area contributed by atoms with Gasteiger partial charge in [-0.2, -0.15) is 16.6 Å². The number of pyridine rings is 1. The van der Waals surface area contributed by atoms with Crippen LogP contribution in [-0.4, -0.2) is 47.5 Å². The summed E-state index contributed by atoms with van der Waals surface area (Å²) in [6.45, 7) is 9.65. The lowest BCUT2D eigenvalue weighted by Gasteiger charge is -2.36. The first-order valence-corrected chi connectivity index (χ1v) is 11.6. The van der Waals surface area contributed by atoms with Crippen LogP contribution in [0.25, 0.3) is 0 Å². The summed E-state index contributed by atoms with van der Waals surface area (Å²) < 4.78 is 0. The molecule has 1 aliphatic heterocycles. The number of hydrogen-bond acceptors (Lipinski definition) is 6. The second kappa shape index (κ2) is 10.7. The van der Waals surface area contributed by atoms with Gasteiger partial charge in [-0.3, -0.25) is 4.79 Å². The predicted octanol–water partition coefficient (Wildman–Crippen LogP) is 3.39. The third-order valence-electron chi connectivity index (χ3n) is 5.91. The second-order valence-electron chi connectivity index (χ2n) is 8.11. The molecule has 2 aromatic heterocycles. The van der Waals surface area contributed by atoms with Crippen LogP contribution in [0.15, 0.2) is 22.9 Å². The van der Waals surface area contributed by atoms with Gasteiger partial charge in [0.25, 0.3) is 5.91 Å². The molecule has 0 saturated carbocycles. The van der Waals surface area contributed by atoms with E-state index in [-0.39, 0.29) is 5.91 Å². The van der Waals surface area contributed by atoms with Gasteiger partial charge in [-0.1, -0.05) is 0 Å². The van der Waals surface area contributed by atoms with E-state index in [1.807, 2.05) is 13.0 Å². The standard InChI is InChI=1S/C23H31N5OS/c1-16-12-21(13-24)27-18(3)22(16)23(29)25-8-4-17(2)28-9-5-20(6-10-28)26-14-19-7-11-30-15-19/h7,11-12,15,17,20,26H,4-6,8-10,14H2,1-3H3,(H,25,29)/t17-/m1/s1. The van der Waals surface area contributed by atoms with Crippen molar-refractivity contribution < 1.29 is 4.79 Å². The predicted molar refractivity (Wildman–Crippen MR) is 121 cm³/mol. The van der Waals surface area contributed by atoms with Crippen LogP contribution in [0.3, 0.4) is 0 Å². The Labute approximate surface area is 183 Å². The molecule has 160 valence electrons. The van der Waals surface area contributed by atoms with Crippen LogP contribution in [0.5, 0.6) is 0 Å². The number of likely N-dealkylation sites (tertiary alicyclic amines) is 1. The number of thiophene rings is 1. The normalized spacial score (nSPS) is 16.2. The lowest BCUT2D eigenvalue weighted by atomic mass is 10.0. The Kier molecular flexibility index (Phi) is 7.97. The number of aryl methyl sites for hydroxylation is 2. The van der Waals surface area contributed by atoms with Gasteiger partial charge in [0.05, 0.1) is 11.3 Å². The third-order valence-corrected chi connectivity index (χ3v) is 6.65. The van der Waals surface area contributed by atoms with Crippen LogP contribution in [-0.2, 0) is 6.54 Å². The van der Waals surface area contributed by atoms with E-state index < -0.39 is 0 Å². The lowest BCUT2D eigenvalue weighted by molar-refractivity contribution is 0.0942. The first-order valence-electron chi connectivity index (χ1n) is 10.6. The van der Waals surface area contributed by atoms with Gasteiger partial charge in [-0.15, -0.1) is 0 Å². The van der Waals surface area contributed by atoms with Gasteiger partial charge < -0.3 is 15.5 Å². The van der Waals surface area contributed by atoms with Crippen LogP contribution >= 0.6 is 11.3 Å². The van der Waals surface area contributed by atoms with Crippen molar-refractivity contribution in [3.63, 3.8) is 0 Å². The van der Waals surface area contributed by atoms with Crippen molar-refractivity contribution in [2.24, 2.45) is 0 Å². The molecule has 30 heavy (non-hydrogen) atoms. The fraction of sp³-hybridized carbons (Fsp3) is 0.522. The molecule has 0 aliphatic carbocycles. The van der Waals surface area contributed by atoms with E-state index in [2.05, 4.69) is 44.3 Å². The topological polar surface area (TPSA) is 81.0 Å². The number of rotatable bonds is 8. The molecule has 1 saturated heterocycles. The Morgan fingerprint density at radius 3 is 2.80 bits per heavy atom. The highest BCUT2D eigenvalue weighted by molar-refractivity contribution is 7.07. The average molecular weight is 426 g/mol. The molecule has 2 N–H and O–H groups in total. The van der Waals surface area contributed by atoms with Gasteiger partial charge in [0, 0.05) is 25.2 Å². The molecule has 2 aromatic rings. The summed E-state index contributed by atoms with van der Waals surface area (Å²) in [5.41, 5.74) is 3.70. The Morgan fingerprint density at radius 2 is 2.17 bits per heavy atom. The maximum Gasteiger partial charge on any atom is 0.253 e. The van der Waals surface area contributed by atoms with Gasteiger partial charge in [0.15, 0.2) is 0 Å². The van der Waals surface area contributed by atoms with E-state index in [0.29, 0.717) is 35.6 Å². The summed E-state index contributed by atoms with van der Waals surface area (Å²) in [6.07, 6.45) is 3.24. The van der Waals surface area contributed by atoms with E-state index in [1.165, 1.54) is 5.56 Å². The van der Waals surface area contributed by atoms with Gasteiger partial charge in [-0.25, -0.2) is 4.98 Å². The molecule has 0 aromatic carbocycles. The second-order valence-corrected chi connectivity index (χ2v) is 8.89. The van der Waals surface area contributed by atoms with E-state index in [0.717, 1.165) is 44.5 Å². The van der Waals surface area contributed by atoms with Crippen molar-refractivity contribution in [3.05, 3.63) is 51.0 Å². The molecule has 0 spiro atoms. The third kappa shape index (κ3) is 5.88. The van der Waals surface area contributed by atoms with E-state index in [9.17, 15) is 4.79 Å². The Morgan fingerprint density at radius 1 is 1.40 bits per heavy atom. The maximum atomic E-state index is 12.6. The molecule has 1 amide bonds. The summed E-state index contributed by atoms with van der Waals surface area (Å²) >= 11 is 1.75. The lowest BCUT2D eigenvalue weighted by Crippen LogP contribution is -2.46. The van der Waals surface area contributed by atoms with E-state index in [4.69, 9.17) is 5.26 Å². The van der Waals surface area contributed by atoms with Gasteiger partial charge in [0.2, 0.25) is 0 Å². The monoisotopic (exact) mass is 425 g/mol. The molecule has 0 bridgehead atoms. The van der Waals surface area contributed by atoms with Crippen LogP contribution in [0.1, 0.15) is 59.1 Å². The number of aromatic nitrogens is 1. The van der Waals surface area contributed by atoms with Crippen LogP contribution < -0.4 is 10.6 Å². The molecule has 7 heteroatoms. The summed E-state index contributed by atoms with van der Waals surface area (Å²) in [5.74, 6) is -0.106. The molecule has 1 atom stereocenters. The minimum absolute atomic E-state index is 0.106. The number of amides is 1. The number of nitriles is 1. The number of hydrogen-bond donors (Lipinski definition) is 2. The molecule has 0 unspecified atom stereocenters. The van der Waals surface area contributed by atoms with Crippen LogP contribution in [0.4, 0.5) is 0 Å². The first-order chi connectivity index (χ1) is 14.5. The smallest absolute Gasteiger partial charge is 0.253 e. The van der Waals surface area contributed by atoms with Gasteiger partial charge in [-0.05, 0) is 87.1 Å². The Balaban J connectivity index is 1.39. The van der Waals surface area contributed by atoms with Crippen molar-refractivity contribution in [3.8, 4) is 6.07 Å². The minimum Gasteiger partial charge on any atom is -0.352 e. The highest BCUT2D eigenvalue weighted by atomic mass is 32.1. The number of nitrogens with one attached hydrogen (secondary N) is 2. The van der Waals surface area contributed by atoms with Crippen molar-refractivity contribution in [2.75, 3.05) is 19.6 Å². The van der Waals surface area contributed by atoms with E-state index in [1.54, 1.807) is 24.3 Å². The van der Waals surface area contributed by atoms with E-state index >= 15 is 0 Å². The van der Waals surface area contributed by atoms with Crippen molar-refractivity contribution in [2.45, 2.75) is 58.7 Å². The Bertz CT molecular complexity index is 858. The summed E-state index contributed by atoms with van der Waals surface area (Å²) in [5, 5.41) is 20.0. The first kappa shape index (κ1) is 22.4. The van der Waals surface area contributed by atoms with Crippen molar-refractivity contribution >= 4 is 17.2 Å². The SMILES string of the molecule is Cc1cc(C#N)nc(C)c1C(=O)NCC[C@@H](C)N1CCC(NCc2ccsc2)CC1. The number of piperidine rings is 1. The molecular weight excluding hydrogens is 394 g/mol. The molecule has 6 nitrogen and oxygen atoms in total. The fourth-order valence-corrected chi connectivity index (χ4v) is 4.77. The van der Waals surface area contributed by atoms with Gasteiger partial charge >= 0.3 is 0 Å². The molecular formula is C23H31N5OS. The molecule has 1 fully saturated rings. The molecule has 3 heterocycles. The number of carbonyl (C=O) groups is 1. The highest BCUT2D eigenvalue weighted by Crippen LogP contribution is 2.17. The molecule has 3 rings (SSSR count). The summed E-state index contributed by atoms with van der Waals surface area (Å²) in [7, 11) is 0.